The van der Waals surface area contributed by atoms with E-state index in [1.807, 2.05) is 26.0 Å². The molecule has 2 unspecified atom stereocenters. The Hall–Kier alpha value is -3.36. The van der Waals surface area contributed by atoms with E-state index < -0.39 is 36.8 Å². The first-order chi connectivity index (χ1) is 19.0. The van der Waals surface area contributed by atoms with E-state index in [1.165, 1.54) is 18.2 Å². The van der Waals surface area contributed by atoms with Crippen LogP contribution in [0.15, 0.2) is 60.2 Å². The molecule has 2 aromatic carbocycles. The molecule has 12 heteroatoms. The Morgan fingerprint density at radius 1 is 1.05 bits per heavy atom. The molecule has 0 aliphatic rings. The van der Waals surface area contributed by atoms with Crippen LogP contribution in [0.5, 0.6) is 0 Å². The third kappa shape index (κ3) is 11.0. The van der Waals surface area contributed by atoms with Gasteiger partial charge in [0.25, 0.3) is 11.8 Å². The van der Waals surface area contributed by atoms with Crippen LogP contribution in [-0.2, 0) is 16.0 Å². The second-order valence-corrected chi connectivity index (χ2v) is 10.4. The van der Waals surface area contributed by atoms with Crippen LogP contribution in [0.1, 0.15) is 49.0 Å². The van der Waals surface area contributed by atoms with E-state index >= 15 is 0 Å². The quantitative estimate of drug-likeness (QED) is 0.0992. The molecule has 0 saturated heterocycles. The molecule has 212 valence electrons. The molecule has 0 bridgehead atoms. The maximum absolute atomic E-state index is 13.2. The number of amides is 3. The van der Waals surface area contributed by atoms with Crippen molar-refractivity contribution in [1.29, 1.82) is 5.26 Å². The van der Waals surface area contributed by atoms with E-state index in [2.05, 4.69) is 16.0 Å². The van der Waals surface area contributed by atoms with Gasteiger partial charge in [0.15, 0.2) is 0 Å². The predicted octanol–water partition coefficient (Wildman–Crippen LogP) is 3.22. The van der Waals surface area contributed by atoms with Gasteiger partial charge >= 0.3 is 7.12 Å². The molecular formula is C28H33BCl2N4O5. The standard InChI is InChI=1S/C28H33BCl2N4O5/c1-18(2)14-20(17-32)26(36)33-13-7-6-10-24(34-27(37)22-16-21(30)11-12-23(22)31)28(38)35-25(29(39)40)15-19-8-4-3-5-9-19/h3-5,8-9,11-12,14,16,18,24-25,39-40H,6-7,10,13,15H2,1-2H3,(H,33,36)(H,34,37)(H,35,38). The van der Waals surface area contributed by atoms with E-state index in [-0.39, 0.29) is 41.5 Å². The van der Waals surface area contributed by atoms with Crippen molar-refractivity contribution >= 4 is 48.0 Å². The summed E-state index contributed by atoms with van der Waals surface area (Å²) in [6, 6.07) is 14.2. The predicted molar refractivity (Wildman–Crippen MR) is 155 cm³/mol. The number of nitrogens with zero attached hydrogens (tertiary/aromatic N) is 1. The Kier molecular flexibility index (Phi) is 13.7. The first kappa shape index (κ1) is 32.9. The second kappa shape index (κ2) is 16.7. The summed E-state index contributed by atoms with van der Waals surface area (Å²) in [5.74, 6) is -2.70. The molecule has 3 amide bonds. The van der Waals surface area contributed by atoms with Crippen molar-refractivity contribution in [2.45, 2.75) is 51.5 Å². The largest absolute Gasteiger partial charge is 0.475 e. The Morgan fingerprint density at radius 2 is 1.75 bits per heavy atom. The fourth-order valence-corrected chi connectivity index (χ4v) is 4.20. The minimum absolute atomic E-state index is 0.0323. The minimum atomic E-state index is -1.84. The van der Waals surface area contributed by atoms with Crippen molar-refractivity contribution in [1.82, 2.24) is 16.0 Å². The molecule has 0 heterocycles. The zero-order valence-electron chi connectivity index (χ0n) is 22.4. The molecule has 9 nitrogen and oxygen atoms in total. The van der Waals surface area contributed by atoms with Gasteiger partial charge in [0.2, 0.25) is 5.91 Å². The summed E-state index contributed by atoms with van der Waals surface area (Å²) in [5.41, 5.74) is 0.902. The summed E-state index contributed by atoms with van der Waals surface area (Å²) in [6.45, 7) is 3.98. The molecule has 0 aromatic heterocycles. The van der Waals surface area contributed by atoms with Crippen LogP contribution in [0.4, 0.5) is 0 Å². The number of nitrogens with one attached hydrogen (secondary N) is 3. The van der Waals surface area contributed by atoms with E-state index in [0.29, 0.717) is 17.9 Å². The molecular weight excluding hydrogens is 554 g/mol. The molecule has 0 aliphatic carbocycles. The van der Waals surface area contributed by atoms with Gasteiger partial charge in [-0.1, -0.05) is 73.5 Å². The summed E-state index contributed by atoms with van der Waals surface area (Å²) in [5, 5.41) is 37.4. The van der Waals surface area contributed by atoms with E-state index in [9.17, 15) is 29.7 Å². The average molecular weight is 587 g/mol. The summed E-state index contributed by atoms with van der Waals surface area (Å²) in [7, 11) is -1.84. The molecule has 2 aromatic rings. The molecule has 5 N–H and O–H groups in total. The van der Waals surface area contributed by atoms with Gasteiger partial charge in [-0.3, -0.25) is 14.4 Å². The van der Waals surface area contributed by atoms with Crippen molar-refractivity contribution in [3.8, 4) is 6.07 Å². The maximum atomic E-state index is 13.2. The third-order valence-electron chi connectivity index (χ3n) is 5.85. The molecule has 0 fully saturated rings. The number of unbranched alkanes of at least 4 members (excludes halogenated alkanes) is 1. The highest BCUT2D eigenvalue weighted by molar-refractivity contribution is 6.43. The van der Waals surface area contributed by atoms with Crippen LogP contribution in [-0.4, -0.2) is 53.4 Å². The van der Waals surface area contributed by atoms with Crippen molar-refractivity contribution in [3.05, 3.63) is 81.4 Å². The molecule has 0 aliphatic heterocycles. The molecule has 2 rings (SSSR count). The fourth-order valence-electron chi connectivity index (χ4n) is 3.83. The third-order valence-corrected chi connectivity index (χ3v) is 6.42. The summed E-state index contributed by atoms with van der Waals surface area (Å²) >= 11 is 12.2. The van der Waals surface area contributed by atoms with Gasteiger partial charge in [-0.2, -0.15) is 5.26 Å². The number of carbonyl (C=O) groups excluding carboxylic acids is 3. The first-order valence-electron chi connectivity index (χ1n) is 12.9. The monoisotopic (exact) mass is 586 g/mol. The number of allylic oxidation sites excluding steroid dienone is 1. The summed E-state index contributed by atoms with van der Waals surface area (Å²) in [4.78, 5) is 38.5. The van der Waals surface area contributed by atoms with Gasteiger partial charge in [-0.25, -0.2) is 0 Å². The van der Waals surface area contributed by atoms with Gasteiger partial charge in [-0.15, -0.1) is 0 Å². The minimum Gasteiger partial charge on any atom is -0.426 e. The lowest BCUT2D eigenvalue weighted by molar-refractivity contribution is -0.123. The van der Waals surface area contributed by atoms with E-state index in [0.717, 1.165) is 5.56 Å². The number of halogens is 2. The highest BCUT2D eigenvalue weighted by Gasteiger charge is 2.30. The Labute approximate surface area is 244 Å². The average Bonchev–Trinajstić information content (AvgIpc) is 2.91. The maximum Gasteiger partial charge on any atom is 0.475 e. The smallest absolute Gasteiger partial charge is 0.426 e. The normalized spacial score (nSPS) is 12.7. The van der Waals surface area contributed by atoms with Crippen molar-refractivity contribution in [2.24, 2.45) is 5.92 Å². The highest BCUT2D eigenvalue weighted by atomic mass is 35.5. The van der Waals surface area contributed by atoms with Crippen molar-refractivity contribution in [3.63, 3.8) is 0 Å². The van der Waals surface area contributed by atoms with Crippen LogP contribution in [0.2, 0.25) is 10.0 Å². The Morgan fingerprint density at radius 3 is 2.38 bits per heavy atom. The number of nitriles is 1. The van der Waals surface area contributed by atoms with Gasteiger partial charge in [0, 0.05) is 11.6 Å². The second-order valence-electron chi connectivity index (χ2n) is 9.56. The molecule has 0 radical (unpaired) electrons. The van der Waals surface area contributed by atoms with Crippen LogP contribution >= 0.6 is 23.2 Å². The number of benzene rings is 2. The zero-order chi connectivity index (χ0) is 29.7. The lowest BCUT2D eigenvalue weighted by Crippen LogP contribution is -2.54. The van der Waals surface area contributed by atoms with Crippen LogP contribution in [0.3, 0.4) is 0 Å². The Bertz CT molecular complexity index is 1230. The number of carbonyl (C=O) groups is 3. The van der Waals surface area contributed by atoms with Crippen LogP contribution in [0, 0.1) is 17.2 Å². The fraction of sp³-hybridized carbons (Fsp3) is 0.357. The lowest BCUT2D eigenvalue weighted by atomic mass is 9.75. The number of hydrogen-bond acceptors (Lipinski definition) is 6. The topological polar surface area (TPSA) is 152 Å². The number of rotatable bonds is 14. The van der Waals surface area contributed by atoms with Crippen LogP contribution in [0.25, 0.3) is 0 Å². The Balaban J connectivity index is 2.09. The molecule has 0 spiro atoms. The lowest BCUT2D eigenvalue weighted by Gasteiger charge is -2.23. The molecule has 2 atom stereocenters. The van der Waals surface area contributed by atoms with Crippen LogP contribution < -0.4 is 16.0 Å². The SMILES string of the molecule is CC(C)C=C(C#N)C(=O)NCCCCC(NC(=O)c1cc(Cl)ccc1Cl)C(=O)NC(Cc1ccccc1)B(O)O. The van der Waals surface area contributed by atoms with Gasteiger partial charge < -0.3 is 26.0 Å². The summed E-state index contributed by atoms with van der Waals surface area (Å²) < 4.78 is 0. The molecule has 0 saturated carbocycles. The highest BCUT2D eigenvalue weighted by Crippen LogP contribution is 2.21. The van der Waals surface area contributed by atoms with Gasteiger partial charge in [0.05, 0.1) is 16.5 Å². The first-order valence-corrected chi connectivity index (χ1v) is 13.6. The van der Waals surface area contributed by atoms with Crippen molar-refractivity contribution < 1.29 is 24.4 Å². The molecule has 40 heavy (non-hydrogen) atoms. The van der Waals surface area contributed by atoms with E-state index in [1.54, 1.807) is 30.3 Å². The van der Waals surface area contributed by atoms with Gasteiger partial charge in [0.1, 0.15) is 17.7 Å². The zero-order valence-corrected chi connectivity index (χ0v) is 23.9. The van der Waals surface area contributed by atoms with Gasteiger partial charge in [-0.05, 0) is 55.4 Å². The summed E-state index contributed by atoms with van der Waals surface area (Å²) in [6.07, 6.45) is 2.79. The van der Waals surface area contributed by atoms with Crippen molar-refractivity contribution in [2.75, 3.05) is 6.54 Å². The number of hydrogen-bond donors (Lipinski definition) is 5. The van der Waals surface area contributed by atoms with E-state index in [4.69, 9.17) is 23.2 Å².